The van der Waals surface area contributed by atoms with Crippen molar-refractivity contribution in [2.75, 3.05) is 43.1 Å². The van der Waals surface area contributed by atoms with Crippen molar-refractivity contribution >= 4 is 23.2 Å². The number of carbonyl (C=O) groups is 2. The zero-order valence-electron chi connectivity index (χ0n) is 18.5. The van der Waals surface area contributed by atoms with E-state index in [0.29, 0.717) is 49.7 Å². The Balaban J connectivity index is 1.23. The smallest absolute Gasteiger partial charge is 0.378 e. The summed E-state index contributed by atoms with van der Waals surface area (Å²) >= 11 is 0. The van der Waals surface area contributed by atoms with E-state index in [4.69, 9.17) is 4.74 Å². The third kappa shape index (κ3) is 4.56. The topological polar surface area (TPSA) is 70.7 Å². The first-order valence-corrected chi connectivity index (χ1v) is 11.8. The van der Waals surface area contributed by atoms with Crippen LogP contribution in [0.15, 0.2) is 18.2 Å². The van der Waals surface area contributed by atoms with Gasteiger partial charge < -0.3 is 20.3 Å². The fourth-order valence-electron chi connectivity index (χ4n) is 6.83. The quantitative estimate of drug-likeness (QED) is 0.694. The van der Waals surface area contributed by atoms with Crippen molar-refractivity contribution in [3.05, 3.63) is 23.8 Å². The number of hydrogen-bond acceptors (Lipinski definition) is 4. The van der Waals surface area contributed by atoms with E-state index in [-0.39, 0.29) is 18.1 Å². The lowest BCUT2D eigenvalue weighted by Gasteiger charge is -2.55. The molecule has 1 aromatic carbocycles. The van der Waals surface area contributed by atoms with Crippen LogP contribution in [0.2, 0.25) is 0 Å². The minimum absolute atomic E-state index is 0.115. The molecule has 1 saturated heterocycles. The van der Waals surface area contributed by atoms with Crippen LogP contribution < -0.4 is 15.5 Å². The number of morpholine rings is 1. The number of carbonyl (C=O) groups excluding carboxylic acids is 2. The number of nitrogens with one attached hydrogen (secondary N) is 2. The number of nitrogens with zero attached hydrogens (tertiary/aromatic N) is 1. The third-order valence-corrected chi connectivity index (χ3v) is 7.89. The highest BCUT2D eigenvalue weighted by molar-refractivity contribution is 5.96. The highest BCUT2D eigenvalue weighted by Gasteiger charge is 2.54. The second-order valence-electron chi connectivity index (χ2n) is 10.3. The maximum absolute atomic E-state index is 13.7. The molecule has 0 spiro atoms. The first-order chi connectivity index (χ1) is 15.7. The van der Waals surface area contributed by atoms with Crippen LogP contribution in [0.25, 0.3) is 0 Å². The fraction of sp³-hybridized carbons (Fsp3) is 0.667. The van der Waals surface area contributed by atoms with Gasteiger partial charge in [0, 0.05) is 24.2 Å². The Morgan fingerprint density at radius 1 is 1.03 bits per heavy atom. The molecule has 4 saturated carbocycles. The second-order valence-corrected chi connectivity index (χ2v) is 10.3. The zero-order chi connectivity index (χ0) is 23.2. The molecule has 4 bridgehead atoms. The monoisotopic (exact) mass is 465 g/mol. The molecule has 180 valence electrons. The molecule has 4 aliphatic carbocycles. The van der Waals surface area contributed by atoms with Crippen molar-refractivity contribution in [1.29, 1.82) is 0 Å². The number of ether oxygens (including phenoxy) is 1. The summed E-state index contributed by atoms with van der Waals surface area (Å²) in [5, 5.41) is 5.09. The van der Waals surface area contributed by atoms with Crippen molar-refractivity contribution in [3.63, 3.8) is 0 Å². The van der Waals surface area contributed by atoms with Crippen molar-refractivity contribution in [1.82, 2.24) is 5.32 Å². The molecule has 6 rings (SSSR count). The Bertz CT molecular complexity index is 892. The van der Waals surface area contributed by atoms with E-state index in [0.717, 1.165) is 25.3 Å². The Morgan fingerprint density at radius 2 is 1.64 bits per heavy atom. The van der Waals surface area contributed by atoms with Crippen LogP contribution in [0.4, 0.5) is 24.5 Å². The number of rotatable bonds is 5. The zero-order valence-corrected chi connectivity index (χ0v) is 18.5. The van der Waals surface area contributed by atoms with E-state index in [1.165, 1.54) is 25.3 Å². The predicted octanol–water partition coefficient (Wildman–Crippen LogP) is 3.81. The lowest BCUT2D eigenvalue weighted by atomic mass is 9.49. The molecule has 5 aliphatic rings. The summed E-state index contributed by atoms with van der Waals surface area (Å²) in [4.78, 5) is 27.3. The van der Waals surface area contributed by atoms with Gasteiger partial charge in [0.2, 0.25) is 11.8 Å². The van der Waals surface area contributed by atoms with Crippen molar-refractivity contribution in [2.45, 2.75) is 44.7 Å². The van der Waals surface area contributed by atoms with Gasteiger partial charge in [0.1, 0.15) is 0 Å². The average Bonchev–Trinajstić information content (AvgIpc) is 2.76. The molecule has 1 heterocycles. The van der Waals surface area contributed by atoms with Gasteiger partial charge >= 0.3 is 6.18 Å². The van der Waals surface area contributed by atoms with Gasteiger partial charge in [-0.05, 0) is 74.5 Å². The van der Waals surface area contributed by atoms with Gasteiger partial charge in [-0.15, -0.1) is 0 Å². The van der Waals surface area contributed by atoms with Crippen LogP contribution in [-0.4, -0.2) is 44.7 Å². The third-order valence-electron chi connectivity index (χ3n) is 7.89. The molecule has 2 N–H and O–H groups in total. The lowest BCUT2D eigenvalue weighted by Crippen LogP contribution is -2.54. The van der Waals surface area contributed by atoms with E-state index >= 15 is 0 Å². The molecule has 2 amide bonds. The van der Waals surface area contributed by atoms with Crippen LogP contribution in [0.1, 0.15) is 44.1 Å². The number of hydrogen-bond donors (Lipinski definition) is 2. The Morgan fingerprint density at radius 3 is 2.21 bits per heavy atom. The molecule has 0 atom stereocenters. The van der Waals surface area contributed by atoms with Crippen molar-refractivity contribution < 1.29 is 27.5 Å². The summed E-state index contributed by atoms with van der Waals surface area (Å²) in [6.07, 6.45) is 1.59. The van der Waals surface area contributed by atoms with Crippen LogP contribution in [0.5, 0.6) is 0 Å². The maximum atomic E-state index is 13.7. The van der Waals surface area contributed by atoms with Gasteiger partial charge in [-0.2, -0.15) is 13.2 Å². The van der Waals surface area contributed by atoms with Gasteiger partial charge in [-0.25, -0.2) is 0 Å². The predicted molar refractivity (Wildman–Crippen MR) is 117 cm³/mol. The summed E-state index contributed by atoms with van der Waals surface area (Å²) in [6, 6.07) is 3.92. The summed E-state index contributed by atoms with van der Waals surface area (Å²) in [7, 11) is 0. The molecule has 9 heteroatoms. The molecule has 5 fully saturated rings. The molecular weight excluding hydrogens is 435 g/mol. The lowest BCUT2D eigenvalue weighted by molar-refractivity contribution is -0.147. The van der Waals surface area contributed by atoms with E-state index in [9.17, 15) is 22.8 Å². The number of anilines is 2. The highest BCUT2D eigenvalue weighted by atomic mass is 19.4. The fourth-order valence-corrected chi connectivity index (χ4v) is 6.83. The van der Waals surface area contributed by atoms with E-state index in [1.807, 2.05) is 4.90 Å². The molecule has 0 radical (unpaired) electrons. The molecule has 0 aromatic heterocycles. The molecular formula is C24H30F3N3O3. The van der Waals surface area contributed by atoms with Crippen molar-refractivity contribution in [3.8, 4) is 0 Å². The normalized spacial score (nSPS) is 30.9. The Labute approximate surface area is 191 Å². The molecule has 1 aliphatic heterocycles. The van der Waals surface area contributed by atoms with E-state index in [2.05, 4.69) is 10.6 Å². The molecule has 1 aromatic rings. The van der Waals surface area contributed by atoms with Crippen LogP contribution in [0.3, 0.4) is 0 Å². The van der Waals surface area contributed by atoms with Gasteiger partial charge in [0.25, 0.3) is 0 Å². The number of amides is 2. The Hall–Kier alpha value is -2.29. The van der Waals surface area contributed by atoms with E-state index < -0.39 is 23.1 Å². The first-order valence-electron chi connectivity index (χ1n) is 11.8. The summed E-state index contributed by atoms with van der Waals surface area (Å²) < 4.78 is 46.4. The molecule has 6 nitrogen and oxygen atoms in total. The van der Waals surface area contributed by atoms with Gasteiger partial charge in [0.15, 0.2) is 0 Å². The molecule has 33 heavy (non-hydrogen) atoms. The molecule has 0 unspecified atom stereocenters. The number of alkyl halides is 3. The first kappa shape index (κ1) is 22.5. The van der Waals surface area contributed by atoms with Crippen LogP contribution in [-0.2, 0) is 20.5 Å². The minimum Gasteiger partial charge on any atom is -0.378 e. The summed E-state index contributed by atoms with van der Waals surface area (Å²) in [5.41, 5.74) is -1.15. The SMILES string of the molecule is O=C(CNC(=O)C12CC3CC(CC(C3)C1)C2)Nc1ccc(N2CCOCC2)cc1C(F)(F)F. The average molecular weight is 466 g/mol. The minimum atomic E-state index is -4.62. The van der Waals surface area contributed by atoms with Crippen LogP contribution >= 0.6 is 0 Å². The van der Waals surface area contributed by atoms with Crippen molar-refractivity contribution in [2.24, 2.45) is 23.2 Å². The number of benzene rings is 1. The summed E-state index contributed by atoms with van der Waals surface area (Å²) in [5.74, 6) is 1.01. The number of halogens is 3. The maximum Gasteiger partial charge on any atom is 0.418 e. The van der Waals surface area contributed by atoms with E-state index in [1.54, 1.807) is 6.07 Å². The van der Waals surface area contributed by atoms with Gasteiger partial charge in [0.05, 0.1) is 31.0 Å². The highest BCUT2D eigenvalue weighted by Crippen LogP contribution is 2.60. The van der Waals surface area contributed by atoms with Gasteiger partial charge in [-0.1, -0.05) is 0 Å². The standard InChI is InChI=1S/C24H30F3N3O3/c25-24(26,27)19-10-18(30-3-5-33-6-4-30)1-2-20(19)29-21(31)14-28-22(32)23-11-15-7-16(12-23)9-17(8-15)13-23/h1-2,10,15-17H,3-9,11-14H2,(H,28,32)(H,29,31). The largest absolute Gasteiger partial charge is 0.418 e. The van der Waals surface area contributed by atoms with Crippen LogP contribution in [0, 0.1) is 23.2 Å². The Kier molecular flexibility index (Phi) is 5.79. The van der Waals surface area contributed by atoms with Gasteiger partial charge in [-0.3, -0.25) is 9.59 Å². The second kappa shape index (κ2) is 8.49. The summed E-state index contributed by atoms with van der Waals surface area (Å²) in [6.45, 7) is 1.62.